The van der Waals surface area contributed by atoms with Gasteiger partial charge < -0.3 is 20.9 Å². The fraction of sp³-hybridized carbons (Fsp3) is 0.231. The Bertz CT molecular complexity index is 817. The number of oxime groups is 1. The SMILES string of the molecule is CSCC(O/N=C(\C=O)c1csc(N)n1)c1cc(=O)c(O)cn1O. The molecule has 2 aromatic rings. The van der Waals surface area contributed by atoms with Gasteiger partial charge in [0.15, 0.2) is 29.0 Å². The number of thioether (sulfide) groups is 1. The standard InChI is InChI=1S/C13H14N4O5S2/c1-23-6-12(9-2-10(19)11(20)3-17(9)21)22-16-7(4-18)8-5-24-13(14)15-8/h2-5,12,20-21H,6H2,1H3,(H2,14,15)/b16-7+. The number of aromatic nitrogens is 2. The minimum atomic E-state index is -0.829. The summed E-state index contributed by atoms with van der Waals surface area (Å²) in [5, 5.41) is 24.7. The average Bonchev–Trinajstić information content (AvgIpc) is 2.97. The smallest absolute Gasteiger partial charge is 0.223 e. The van der Waals surface area contributed by atoms with Gasteiger partial charge in [0.2, 0.25) is 5.43 Å². The maximum absolute atomic E-state index is 11.6. The minimum absolute atomic E-state index is 0.0698. The number of pyridine rings is 1. The molecular formula is C13H14N4O5S2. The van der Waals surface area contributed by atoms with Crippen molar-refractivity contribution in [2.75, 3.05) is 17.7 Å². The molecule has 1 atom stereocenters. The summed E-state index contributed by atoms with van der Waals surface area (Å²) in [7, 11) is 0. The van der Waals surface area contributed by atoms with Crippen LogP contribution in [0.1, 0.15) is 17.5 Å². The van der Waals surface area contributed by atoms with E-state index in [4.69, 9.17) is 10.6 Å². The Morgan fingerprint density at radius 1 is 1.67 bits per heavy atom. The van der Waals surface area contributed by atoms with Gasteiger partial charge in [0, 0.05) is 17.2 Å². The van der Waals surface area contributed by atoms with Gasteiger partial charge in [0.1, 0.15) is 11.4 Å². The predicted molar refractivity (Wildman–Crippen MR) is 90.9 cm³/mol. The molecule has 9 nitrogen and oxygen atoms in total. The summed E-state index contributed by atoms with van der Waals surface area (Å²) in [5.41, 5.74) is 5.12. The van der Waals surface area contributed by atoms with Crippen molar-refractivity contribution in [2.45, 2.75) is 6.10 Å². The van der Waals surface area contributed by atoms with Crippen LogP contribution in [0.25, 0.3) is 0 Å². The van der Waals surface area contributed by atoms with Crippen LogP contribution in [0.4, 0.5) is 5.13 Å². The molecule has 0 aromatic carbocycles. The van der Waals surface area contributed by atoms with E-state index in [1.807, 2.05) is 0 Å². The molecule has 11 heteroatoms. The molecule has 0 aliphatic heterocycles. The highest BCUT2D eigenvalue weighted by molar-refractivity contribution is 7.98. The fourth-order valence-corrected chi connectivity index (χ4v) is 2.84. The number of aldehydes is 1. The highest BCUT2D eigenvalue weighted by atomic mass is 32.2. The molecule has 2 heterocycles. The molecule has 0 aliphatic rings. The van der Waals surface area contributed by atoms with Crippen molar-refractivity contribution in [1.29, 1.82) is 0 Å². The summed E-state index contributed by atoms with van der Waals surface area (Å²) in [6, 6.07) is 1.03. The second-order valence-corrected chi connectivity index (χ2v) is 6.31. The number of anilines is 1. The third-order valence-electron chi connectivity index (χ3n) is 2.86. The number of thiazole rings is 1. The van der Waals surface area contributed by atoms with E-state index in [9.17, 15) is 19.9 Å². The molecule has 2 rings (SSSR count). The summed E-state index contributed by atoms with van der Waals surface area (Å²) in [6.45, 7) is 0. The highest BCUT2D eigenvalue weighted by Gasteiger charge is 2.19. The normalized spacial score (nSPS) is 12.8. The number of nitrogens with two attached hydrogens (primary N) is 1. The molecule has 0 fully saturated rings. The lowest BCUT2D eigenvalue weighted by Gasteiger charge is -2.16. The van der Waals surface area contributed by atoms with Crippen LogP contribution < -0.4 is 11.2 Å². The van der Waals surface area contributed by atoms with Crippen LogP contribution in [0.2, 0.25) is 0 Å². The molecular weight excluding hydrogens is 356 g/mol. The molecule has 4 N–H and O–H groups in total. The van der Waals surface area contributed by atoms with Gasteiger partial charge >= 0.3 is 0 Å². The molecule has 0 amide bonds. The van der Waals surface area contributed by atoms with Crippen LogP contribution in [-0.4, -0.2) is 44.0 Å². The maximum atomic E-state index is 11.6. The van der Waals surface area contributed by atoms with Crippen LogP contribution >= 0.6 is 23.1 Å². The predicted octanol–water partition coefficient (Wildman–Crippen LogP) is 0.854. The van der Waals surface area contributed by atoms with Gasteiger partial charge in [-0.1, -0.05) is 5.16 Å². The largest absolute Gasteiger partial charge is 0.503 e. The summed E-state index contributed by atoms with van der Waals surface area (Å²) in [6.07, 6.45) is 2.29. The van der Waals surface area contributed by atoms with Crippen LogP contribution in [-0.2, 0) is 9.63 Å². The number of nitrogens with zero attached hydrogens (tertiary/aromatic N) is 3. The summed E-state index contributed by atoms with van der Waals surface area (Å²) < 4.78 is 0.578. The van der Waals surface area contributed by atoms with Crippen molar-refractivity contribution >= 4 is 40.2 Å². The molecule has 24 heavy (non-hydrogen) atoms. The van der Waals surface area contributed by atoms with Crippen molar-refractivity contribution in [1.82, 2.24) is 9.71 Å². The van der Waals surface area contributed by atoms with Crippen LogP contribution in [0.3, 0.4) is 0 Å². The van der Waals surface area contributed by atoms with Crippen LogP contribution in [0.15, 0.2) is 27.6 Å². The molecule has 0 saturated heterocycles. The van der Waals surface area contributed by atoms with Gasteiger partial charge in [0.05, 0.1) is 6.20 Å². The summed E-state index contributed by atoms with van der Waals surface area (Å²) in [4.78, 5) is 32.0. The van der Waals surface area contributed by atoms with E-state index in [-0.39, 0.29) is 22.2 Å². The van der Waals surface area contributed by atoms with Crippen molar-refractivity contribution < 1.29 is 19.9 Å². The number of nitrogen functional groups attached to an aromatic ring is 1. The van der Waals surface area contributed by atoms with Gasteiger partial charge in [-0.2, -0.15) is 16.5 Å². The first kappa shape index (κ1) is 17.8. The Balaban J connectivity index is 2.31. The molecule has 0 spiro atoms. The van der Waals surface area contributed by atoms with Gasteiger partial charge in [-0.05, 0) is 6.26 Å². The number of hydrogen-bond acceptors (Lipinski definition) is 10. The van der Waals surface area contributed by atoms with E-state index in [0.29, 0.717) is 16.8 Å². The van der Waals surface area contributed by atoms with Crippen molar-refractivity contribution in [2.24, 2.45) is 5.16 Å². The van der Waals surface area contributed by atoms with Crippen molar-refractivity contribution in [3.05, 3.63) is 39.3 Å². The number of rotatable bonds is 7. The van der Waals surface area contributed by atoms with E-state index in [1.165, 1.54) is 11.8 Å². The topological polar surface area (TPSA) is 140 Å². The third kappa shape index (κ3) is 4.06. The summed E-state index contributed by atoms with van der Waals surface area (Å²) >= 11 is 2.53. The lowest BCUT2D eigenvalue weighted by atomic mass is 10.2. The number of carbonyl (C=O) groups excluding carboxylic acids is 1. The van der Waals surface area contributed by atoms with Gasteiger partial charge in [-0.25, -0.2) is 4.98 Å². The Labute approximate surface area is 144 Å². The zero-order chi connectivity index (χ0) is 17.7. The third-order valence-corrected chi connectivity index (χ3v) is 4.17. The first-order valence-corrected chi connectivity index (χ1v) is 8.77. The maximum Gasteiger partial charge on any atom is 0.223 e. The lowest BCUT2D eigenvalue weighted by Crippen LogP contribution is -2.17. The van der Waals surface area contributed by atoms with E-state index in [2.05, 4.69) is 10.1 Å². The second-order valence-electron chi connectivity index (χ2n) is 4.51. The molecule has 128 valence electrons. The molecule has 0 radical (unpaired) electrons. The zero-order valence-electron chi connectivity index (χ0n) is 12.4. The van der Waals surface area contributed by atoms with E-state index in [0.717, 1.165) is 23.6 Å². The monoisotopic (exact) mass is 370 g/mol. The van der Waals surface area contributed by atoms with Gasteiger partial charge in [-0.15, -0.1) is 11.3 Å². The summed E-state index contributed by atoms with van der Waals surface area (Å²) in [5.74, 6) is -0.265. The first-order valence-electron chi connectivity index (χ1n) is 6.50. The number of hydrogen-bond donors (Lipinski definition) is 3. The molecule has 0 aliphatic carbocycles. The Kier molecular flexibility index (Phi) is 5.82. The van der Waals surface area contributed by atoms with Gasteiger partial charge in [-0.3, -0.25) is 9.59 Å². The van der Waals surface area contributed by atoms with E-state index in [1.54, 1.807) is 11.6 Å². The molecule has 0 saturated carbocycles. The average molecular weight is 370 g/mol. The van der Waals surface area contributed by atoms with E-state index >= 15 is 0 Å². The minimum Gasteiger partial charge on any atom is -0.503 e. The zero-order valence-corrected chi connectivity index (χ0v) is 14.1. The van der Waals surface area contributed by atoms with Crippen molar-refractivity contribution in [3.63, 3.8) is 0 Å². The highest BCUT2D eigenvalue weighted by Crippen LogP contribution is 2.22. The quantitative estimate of drug-likeness (QED) is 0.282. The Hall–Kier alpha value is -2.53. The number of carbonyl (C=O) groups is 1. The van der Waals surface area contributed by atoms with Crippen LogP contribution in [0, 0.1) is 0 Å². The Morgan fingerprint density at radius 2 is 2.42 bits per heavy atom. The second kappa shape index (κ2) is 7.84. The first-order chi connectivity index (χ1) is 11.5. The molecule has 0 bridgehead atoms. The molecule has 2 aromatic heterocycles. The number of aromatic hydroxyl groups is 1. The van der Waals surface area contributed by atoms with E-state index < -0.39 is 17.3 Å². The van der Waals surface area contributed by atoms with Gasteiger partial charge in [0.25, 0.3) is 0 Å². The molecule has 1 unspecified atom stereocenters. The lowest BCUT2D eigenvalue weighted by molar-refractivity contribution is -0.102. The Morgan fingerprint density at radius 3 is 3.00 bits per heavy atom. The van der Waals surface area contributed by atoms with Crippen LogP contribution in [0.5, 0.6) is 5.75 Å². The fourth-order valence-electron chi connectivity index (χ4n) is 1.74. The van der Waals surface area contributed by atoms with Crippen molar-refractivity contribution in [3.8, 4) is 5.75 Å².